The predicted octanol–water partition coefficient (Wildman–Crippen LogP) is 3.95. The summed E-state index contributed by atoms with van der Waals surface area (Å²) in [5, 5.41) is 9.05. The van der Waals surface area contributed by atoms with Crippen molar-refractivity contribution in [3.63, 3.8) is 0 Å². The van der Waals surface area contributed by atoms with Gasteiger partial charge in [0.2, 0.25) is 0 Å². The number of aromatic carboxylic acids is 1. The van der Waals surface area contributed by atoms with Crippen molar-refractivity contribution in [2.75, 3.05) is 6.61 Å². The molecular formula is C15H24O3Si. The highest BCUT2D eigenvalue weighted by molar-refractivity contribution is 6.74. The van der Waals surface area contributed by atoms with Gasteiger partial charge in [0, 0.05) is 6.61 Å². The van der Waals surface area contributed by atoms with Crippen LogP contribution in [0.5, 0.6) is 0 Å². The first-order valence-electron chi connectivity index (χ1n) is 6.60. The smallest absolute Gasteiger partial charge is 0.335 e. The minimum atomic E-state index is -1.68. The summed E-state index contributed by atoms with van der Waals surface area (Å²) in [6, 6.07) is 7.00. The van der Waals surface area contributed by atoms with Crippen LogP contribution in [0, 0.1) is 0 Å². The van der Waals surface area contributed by atoms with Crippen molar-refractivity contribution >= 4 is 14.3 Å². The van der Waals surface area contributed by atoms with E-state index in [1.807, 2.05) is 12.1 Å². The van der Waals surface area contributed by atoms with Gasteiger partial charge in [-0.2, -0.15) is 0 Å². The zero-order chi connectivity index (χ0) is 14.7. The summed E-state index contributed by atoms with van der Waals surface area (Å²) in [7, 11) is -1.68. The summed E-state index contributed by atoms with van der Waals surface area (Å²) in [5.74, 6) is -0.885. The lowest BCUT2D eigenvalue weighted by atomic mass is 10.1. The quantitative estimate of drug-likeness (QED) is 0.831. The van der Waals surface area contributed by atoms with Crippen LogP contribution in [0.4, 0.5) is 0 Å². The molecule has 1 aromatic rings. The Morgan fingerprint density at radius 1 is 1.21 bits per heavy atom. The summed E-state index contributed by atoms with van der Waals surface area (Å²) in [4.78, 5) is 10.7. The van der Waals surface area contributed by atoms with Gasteiger partial charge in [0.25, 0.3) is 0 Å². The third kappa shape index (κ3) is 4.47. The van der Waals surface area contributed by atoms with Crippen LogP contribution in [-0.2, 0) is 10.8 Å². The largest absolute Gasteiger partial charge is 0.478 e. The van der Waals surface area contributed by atoms with Gasteiger partial charge in [-0.15, -0.1) is 0 Å². The first-order valence-corrected chi connectivity index (χ1v) is 9.50. The maximum Gasteiger partial charge on any atom is 0.335 e. The molecule has 0 spiro atoms. The lowest BCUT2D eigenvalue weighted by Crippen LogP contribution is -2.41. The summed E-state index contributed by atoms with van der Waals surface area (Å²) in [5.41, 5.74) is 1.44. The van der Waals surface area contributed by atoms with E-state index in [1.54, 1.807) is 12.1 Å². The molecule has 0 saturated heterocycles. The number of benzene rings is 1. The van der Waals surface area contributed by atoms with Gasteiger partial charge >= 0.3 is 5.97 Å². The van der Waals surface area contributed by atoms with Crippen LogP contribution in [0.25, 0.3) is 0 Å². The molecule has 0 atom stereocenters. The standard InChI is InChI=1S/C15H24O3Si/c1-15(2,3)19(4,5)18-11-10-12-6-8-13(9-7-12)14(16)17/h6-9H,10-11H2,1-5H3,(H,16,17). The maximum absolute atomic E-state index is 10.7. The molecule has 4 heteroatoms. The van der Waals surface area contributed by atoms with E-state index in [4.69, 9.17) is 9.53 Å². The van der Waals surface area contributed by atoms with Crippen LogP contribution in [0.1, 0.15) is 36.7 Å². The Bertz CT molecular complexity index is 430. The van der Waals surface area contributed by atoms with Gasteiger partial charge in [-0.25, -0.2) is 4.79 Å². The third-order valence-corrected chi connectivity index (χ3v) is 8.40. The van der Waals surface area contributed by atoms with Crippen molar-refractivity contribution in [3.05, 3.63) is 35.4 Å². The monoisotopic (exact) mass is 280 g/mol. The van der Waals surface area contributed by atoms with Gasteiger partial charge in [0.15, 0.2) is 8.32 Å². The van der Waals surface area contributed by atoms with Crippen LogP contribution in [-0.4, -0.2) is 26.0 Å². The number of carboxylic acid groups (broad SMARTS) is 1. The third-order valence-electron chi connectivity index (χ3n) is 3.86. The second-order valence-electron chi connectivity index (χ2n) is 6.36. The molecule has 0 saturated carbocycles. The fourth-order valence-electron chi connectivity index (χ4n) is 1.45. The zero-order valence-corrected chi connectivity index (χ0v) is 13.5. The highest BCUT2D eigenvalue weighted by atomic mass is 28.4. The average molecular weight is 280 g/mol. The SMILES string of the molecule is CC(C)(C)[Si](C)(C)OCCc1ccc(C(=O)O)cc1. The van der Waals surface area contributed by atoms with E-state index in [-0.39, 0.29) is 5.04 Å². The second kappa shape index (κ2) is 5.88. The van der Waals surface area contributed by atoms with Crippen LogP contribution < -0.4 is 0 Å². The van der Waals surface area contributed by atoms with Crippen molar-refractivity contribution in [1.82, 2.24) is 0 Å². The Morgan fingerprint density at radius 2 is 1.74 bits per heavy atom. The van der Waals surface area contributed by atoms with Crippen LogP contribution >= 0.6 is 0 Å². The normalized spacial score (nSPS) is 12.5. The fourth-order valence-corrected chi connectivity index (χ4v) is 2.50. The molecular weight excluding hydrogens is 256 g/mol. The van der Waals surface area contributed by atoms with Gasteiger partial charge in [0.1, 0.15) is 0 Å². The molecule has 3 nitrogen and oxygen atoms in total. The molecule has 0 unspecified atom stereocenters. The van der Waals surface area contributed by atoms with Gasteiger partial charge in [-0.1, -0.05) is 32.9 Å². The van der Waals surface area contributed by atoms with Crippen LogP contribution in [0.2, 0.25) is 18.1 Å². The zero-order valence-electron chi connectivity index (χ0n) is 12.5. The van der Waals surface area contributed by atoms with Crippen molar-refractivity contribution in [1.29, 1.82) is 0 Å². The molecule has 0 radical (unpaired) electrons. The first-order chi connectivity index (χ1) is 8.63. The average Bonchev–Trinajstić information content (AvgIpc) is 2.28. The van der Waals surface area contributed by atoms with Crippen molar-refractivity contribution in [3.8, 4) is 0 Å². The molecule has 0 heterocycles. The van der Waals surface area contributed by atoms with E-state index < -0.39 is 14.3 Å². The van der Waals surface area contributed by atoms with E-state index in [1.165, 1.54) is 0 Å². The second-order valence-corrected chi connectivity index (χ2v) is 11.2. The first kappa shape index (κ1) is 15.9. The molecule has 19 heavy (non-hydrogen) atoms. The van der Waals surface area contributed by atoms with Crippen molar-refractivity contribution in [2.45, 2.75) is 45.3 Å². The molecule has 1 N–H and O–H groups in total. The van der Waals surface area contributed by atoms with Crippen LogP contribution in [0.3, 0.4) is 0 Å². The van der Waals surface area contributed by atoms with Gasteiger partial charge < -0.3 is 9.53 Å². The molecule has 0 bridgehead atoms. The van der Waals surface area contributed by atoms with E-state index in [0.717, 1.165) is 12.0 Å². The Morgan fingerprint density at radius 3 is 2.16 bits per heavy atom. The van der Waals surface area contributed by atoms with E-state index in [0.29, 0.717) is 12.2 Å². The summed E-state index contributed by atoms with van der Waals surface area (Å²) in [6.07, 6.45) is 0.826. The molecule has 0 fully saturated rings. The van der Waals surface area contributed by atoms with E-state index in [2.05, 4.69) is 33.9 Å². The molecule has 0 amide bonds. The minimum Gasteiger partial charge on any atom is -0.478 e. The molecule has 0 aliphatic rings. The van der Waals surface area contributed by atoms with Gasteiger partial charge in [-0.05, 0) is 42.2 Å². The number of rotatable bonds is 5. The summed E-state index contributed by atoms with van der Waals surface area (Å²) >= 11 is 0. The molecule has 1 rings (SSSR count). The Kier molecular flexibility index (Phi) is 4.93. The number of hydrogen-bond donors (Lipinski definition) is 1. The fraction of sp³-hybridized carbons (Fsp3) is 0.533. The molecule has 0 aliphatic heterocycles. The lowest BCUT2D eigenvalue weighted by molar-refractivity contribution is 0.0697. The van der Waals surface area contributed by atoms with Gasteiger partial charge in [0.05, 0.1) is 5.56 Å². The molecule has 106 valence electrons. The van der Waals surface area contributed by atoms with E-state index in [9.17, 15) is 4.79 Å². The van der Waals surface area contributed by atoms with Crippen molar-refractivity contribution < 1.29 is 14.3 Å². The molecule has 1 aromatic carbocycles. The topological polar surface area (TPSA) is 46.5 Å². The maximum atomic E-state index is 10.7. The molecule has 0 aromatic heterocycles. The Hall–Kier alpha value is -1.13. The van der Waals surface area contributed by atoms with Gasteiger partial charge in [-0.3, -0.25) is 0 Å². The number of hydrogen-bond acceptors (Lipinski definition) is 2. The number of carboxylic acids is 1. The summed E-state index contributed by atoms with van der Waals surface area (Å²) in [6.45, 7) is 11.8. The summed E-state index contributed by atoms with van der Waals surface area (Å²) < 4.78 is 6.10. The highest BCUT2D eigenvalue weighted by Crippen LogP contribution is 2.36. The van der Waals surface area contributed by atoms with Crippen molar-refractivity contribution in [2.24, 2.45) is 0 Å². The lowest BCUT2D eigenvalue weighted by Gasteiger charge is -2.36. The molecule has 0 aliphatic carbocycles. The Balaban J connectivity index is 2.52. The minimum absolute atomic E-state index is 0.222. The van der Waals surface area contributed by atoms with Crippen LogP contribution in [0.15, 0.2) is 24.3 Å². The highest BCUT2D eigenvalue weighted by Gasteiger charge is 2.36. The Labute approximate surface area is 116 Å². The van der Waals surface area contributed by atoms with E-state index >= 15 is 0 Å². The predicted molar refractivity (Wildman–Crippen MR) is 80.3 cm³/mol. The number of carbonyl (C=O) groups is 1.